The monoisotopic (exact) mass is 563 g/mol. The zero-order valence-corrected chi connectivity index (χ0v) is 22.9. The molecule has 1 aromatic carbocycles. The van der Waals surface area contributed by atoms with Crippen molar-refractivity contribution in [2.24, 2.45) is 5.92 Å². The van der Waals surface area contributed by atoms with Crippen LogP contribution in [0.25, 0.3) is 16.0 Å². The van der Waals surface area contributed by atoms with E-state index < -0.39 is 22.2 Å². The number of anilines is 1. The molecule has 0 spiro atoms. The maximum absolute atomic E-state index is 13.8. The number of aromatic nitrogens is 4. The molecule has 38 heavy (non-hydrogen) atoms. The van der Waals surface area contributed by atoms with E-state index in [2.05, 4.69) is 24.9 Å². The van der Waals surface area contributed by atoms with E-state index in [1.807, 2.05) is 18.7 Å². The van der Waals surface area contributed by atoms with Gasteiger partial charge in [0.2, 0.25) is 21.1 Å². The minimum Gasteiger partial charge on any atom is -0.377 e. The van der Waals surface area contributed by atoms with E-state index >= 15 is 0 Å². The largest absolute Gasteiger partial charge is 0.377 e. The van der Waals surface area contributed by atoms with Crippen molar-refractivity contribution in [3.8, 4) is 5.13 Å². The van der Waals surface area contributed by atoms with Gasteiger partial charge in [-0.25, -0.2) is 17.5 Å². The van der Waals surface area contributed by atoms with Crippen molar-refractivity contribution in [1.82, 2.24) is 29.6 Å². The molecule has 0 unspecified atom stereocenters. The molecule has 0 radical (unpaired) electrons. The molecule has 6 rings (SSSR count). The summed E-state index contributed by atoms with van der Waals surface area (Å²) in [7, 11) is -4.09. The Morgan fingerprint density at radius 3 is 2.55 bits per heavy atom. The summed E-state index contributed by atoms with van der Waals surface area (Å²) in [6, 6.07) is 3.16. The van der Waals surface area contributed by atoms with E-state index in [0.717, 1.165) is 23.2 Å². The van der Waals surface area contributed by atoms with Crippen LogP contribution in [0.1, 0.15) is 37.6 Å². The smallest absolute Gasteiger partial charge is 0.241 e. The van der Waals surface area contributed by atoms with Crippen LogP contribution in [0.3, 0.4) is 0 Å². The van der Waals surface area contributed by atoms with E-state index in [4.69, 9.17) is 4.74 Å². The van der Waals surface area contributed by atoms with Gasteiger partial charge in [-0.15, -0.1) is 10.2 Å². The Labute approximate surface area is 224 Å². The quantitative estimate of drug-likeness (QED) is 0.442. The highest BCUT2D eigenvalue weighted by Crippen LogP contribution is 2.42. The number of nitrogens with zero attached hydrogens (tertiary/aromatic N) is 6. The summed E-state index contributed by atoms with van der Waals surface area (Å²) in [6.07, 6.45) is 3.90. The van der Waals surface area contributed by atoms with Crippen LogP contribution in [0.4, 0.5) is 10.1 Å². The van der Waals surface area contributed by atoms with Crippen LogP contribution >= 0.6 is 11.3 Å². The molecule has 1 amide bonds. The number of amides is 1. The van der Waals surface area contributed by atoms with Crippen LogP contribution in [-0.2, 0) is 19.6 Å². The Kier molecular flexibility index (Phi) is 6.40. The average Bonchev–Trinajstić information content (AvgIpc) is 3.46. The van der Waals surface area contributed by atoms with Crippen molar-refractivity contribution >= 4 is 43.9 Å². The molecule has 3 fully saturated rings. The molecule has 3 aromatic rings. The number of halogens is 1. The summed E-state index contributed by atoms with van der Waals surface area (Å²) in [5.74, 6) is 0.451. The second-order valence-electron chi connectivity index (χ2n) is 10.6. The first-order valence-electron chi connectivity index (χ1n) is 12.8. The third-order valence-corrected chi connectivity index (χ3v) is 9.90. The number of hydrogen-bond acceptors (Lipinski definition) is 9. The van der Waals surface area contributed by atoms with E-state index in [9.17, 15) is 17.6 Å². The van der Waals surface area contributed by atoms with E-state index in [0.29, 0.717) is 48.4 Å². The number of benzene rings is 1. The van der Waals surface area contributed by atoms with Gasteiger partial charge in [0.15, 0.2) is 0 Å². The number of rotatable bonds is 8. The molecule has 2 saturated heterocycles. The summed E-state index contributed by atoms with van der Waals surface area (Å²) in [5, 5.41) is 15.5. The fourth-order valence-corrected chi connectivity index (χ4v) is 7.23. The highest BCUT2D eigenvalue weighted by molar-refractivity contribution is 7.89. The number of ether oxygens (including phenoxy) is 1. The van der Waals surface area contributed by atoms with Gasteiger partial charge in [0.1, 0.15) is 17.2 Å². The minimum absolute atomic E-state index is 0.00842. The third kappa shape index (κ3) is 4.56. The molecule has 1 aliphatic carbocycles. The highest BCUT2D eigenvalue weighted by Gasteiger charge is 2.43. The average molecular weight is 564 g/mol. The lowest BCUT2D eigenvalue weighted by atomic mass is 10.0. The van der Waals surface area contributed by atoms with Gasteiger partial charge < -0.3 is 14.5 Å². The Hall–Kier alpha value is -2.68. The van der Waals surface area contributed by atoms with Crippen molar-refractivity contribution in [1.29, 1.82) is 0 Å². The predicted molar refractivity (Wildman–Crippen MR) is 140 cm³/mol. The summed E-state index contributed by atoms with van der Waals surface area (Å²) in [6.45, 7) is 5.02. The zero-order chi connectivity index (χ0) is 26.7. The number of alkyl halides is 1. The van der Waals surface area contributed by atoms with Gasteiger partial charge in [0.25, 0.3) is 0 Å². The molecule has 204 valence electrons. The molecule has 3 aliphatic rings. The first-order chi connectivity index (χ1) is 18.2. The topological polar surface area (TPSA) is 123 Å². The molecule has 2 aliphatic heterocycles. The van der Waals surface area contributed by atoms with Gasteiger partial charge in [0.05, 0.1) is 29.8 Å². The number of carbonyl (C=O) groups is 1. The van der Waals surface area contributed by atoms with Crippen molar-refractivity contribution in [3.63, 3.8) is 0 Å². The van der Waals surface area contributed by atoms with Gasteiger partial charge in [0, 0.05) is 49.1 Å². The van der Waals surface area contributed by atoms with Gasteiger partial charge in [-0.05, 0) is 25.0 Å². The fraction of sp³-hybridized carbons (Fsp3) is 0.583. The molecule has 0 bridgehead atoms. The molecule has 1 N–H and O–H groups in total. The van der Waals surface area contributed by atoms with E-state index in [1.54, 1.807) is 23.0 Å². The summed E-state index contributed by atoms with van der Waals surface area (Å²) in [5.41, 5.74) is 0.00757. The summed E-state index contributed by atoms with van der Waals surface area (Å²) in [4.78, 5) is 16.4. The maximum Gasteiger partial charge on any atom is 0.241 e. The molecule has 2 aromatic heterocycles. The minimum atomic E-state index is -4.09. The second kappa shape index (κ2) is 9.50. The Morgan fingerprint density at radius 1 is 1.21 bits per heavy atom. The predicted octanol–water partition coefficient (Wildman–Crippen LogP) is 2.08. The number of nitrogens with one attached hydrogen (secondary N) is 1. The van der Waals surface area contributed by atoms with Crippen molar-refractivity contribution in [3.05, 3.63) is 23.3 Å². The number of sulfonamides is 1. The first-order valence-corrected chi connectivity index (χ1v) is 15.1. The molecule has 14 heteroatoms. The number of hydrogen-bond donors (Lipinski definition) is 1. The lowest BCUT2D eigenvalue weighted by molar-refractivity contribution is -0.134. The van der Waals surface area contributed by atoms with Gasteiger partial charge >= 0.3 is 0 Å². The molecule has 11 nitrogen and oxygen atoms in total. The maximum atomic E-state index is 13.8. The van der Waals surface area contributed by atoms with Crippen molar-refractivity contribution in [2.45, 2.75) is 43.0 Å². The standard InChI is InChI=1S/C24H30FN7O4S2/c1-15(2)22(33)31-7-5-30(6-8-31)19-9-17(38(34,35)29-24(12-25)13-36-14-24)10-20-18(19)11-26-32(20)23-28-27-21(37-23)16-3-4-16/h9-11,15-16,29H,3-8,12-14H2,1-2H3. The van der Waals surface area contributed by atoms with Crippen molar-refractivity contribution < 1.29 is 22.3 Å². The molecule has 4 heterocycles. The Morgan fingerprint density at radius 2 is 1.95 bits per heavy atom. The SMILES string of the molecule is CC(C)C(=O)N1CCN(c2cc(S(=O)(=O)NC3(CF)COC3)cc3c2cnn3-c2nnc(C3CC3)s2)CC1. The number of carbonyl (C=O) groups excluding carboxylic acids is 1. The van der Waals surface area contributed by atoms with E-state index in [-0.39, 0.29) is 29.9 Å². The normalized spacial score (nSPS) is 19.8. The Bertz CT molecular complexity index is 1470. The first kappa shape index (κ1) is 25.6. The van der Waals surface area contributed by atoms with Crippen LogP contribution in [0, 0.1) is 5.92 Å². The fourth-order valence-electron chi connectivity index (χ4n) is 4.85. The number of fused-ring (bicyclic) bond motifs is 1. The zero-order valence-electron chi connectivity index (χ0n) is 21.3. The van der Waals surface area contributed by atoms with Crippen LogP contribution in [-0.4, -0.2) is 90.8 Å². The summed E-state index contributed by atoms with van der Waals surface area (Å²) < 4.78 is 50.0. The number of piperazine rings is 1. The third-order valence-electron chi connectivity index (χ3n) is 7.28. The molecular formula is C24H30FN7O4S2. The Balaban J connectivity index is 1.40. The lowest BCUT2D eigenvalue weighted by Crippen LogP contribution is -2.63. The van der Waals surface area contributed by atoms with Crippen LogP contribution in [0.15, 0.2) is 23.2 Å². The van der Waals surface area contributed by atoms with E-state index in [1.165, 1.54) is 11.3 Å². The second-order valence-corrected chi connectivity index (χ2v) is 13.3. The van der Waals surface area contributed by atoms with Crippen molar-refractivity contribution in [2.75, 3.05) is 51.0 Å². The van der Waals surface area contributed by atoms with Crippen LogP contribution in [0.5, 0.6) is 0 Å². The van der Waals surface area contributed by atoms with Gasteiger partial charge in [-0.1, -0.05) is 25.2 Å². The summed E-state index contributed by atoms with van der Waals surface area (Å²) >= 11 is 1.45. The molecular weight excluding hydrogens is 533 g/mol. The highest BCUT2D eigenvalue weighted by atomic mass is 32.2. The van der Waals surface area contributed by atoms with Gasteiger partial charge in [-0.3, -0.25) is 4.79 Å². The molecule has 1 saturated carbocycles. The van der Waals surface area contributed by atoms with Crippen LogP contribution < -0.4 is 9.62 Å². The molecule has 0 atom stereocenters. The lowest BCUT2D eigenvalue weighted by Gasteiger charge is -2.39. The van der Waals surface area contributed by atoms with Crippen LogP contribution in [0.2, 0.25) is 0 Å². The van der Waals surface area contributed by atoms with Gasteiger partial charge in [-0.2, -0.15) is 9.82 Å².